The number of fused-ring (bicyclic) bond motifs is 2. The Hall–Kier alpha value is -2.05. The summed E-state index contributed by atoms with van der Waals surface area (Å²) < 4.78 is 0. The lowest BCUT2D eigenvalue weighted by atomic mass is 9.96. The fourth-order valence-electron chi connectivity index (χ4n) is 4.38. The summed E-state index contributed by atoms with van der Waals surface area (Å²) in [4.78, 5) is 18.3. The molecule has 6 nitrogen and oxygen atoms in total. The normalized spacial score (nSPS) is 19.9. The van der Waals surface area contributed by atoms with Crippen LogP contribution in [0.4, 0.5) is 5.82 Å². The molecule has 2 aromatic rings. The molecular formula is C24H38N6. The molecule has 1 aliphatic carbocycles. The van der Waals surface area contributed by atoms with Crippen LogP contribution >= 0.6 is 0 Å². The number of rotatable bonds is 3. The molecule has 0 saturated carbocycles. The van der Waals surface area contributed by atoms with E-state index < -0.39 is 0 Å². The second-order valence-electron chi connectivity index (χ2n) is 8.04. The van der Waals surface area contributed by atoms with Crippen molar-refractivity contribution in [1.82, 2.24) is 25.2 Å². The minimum atomic E-state index is 0.752. The minimum absolute atomic E-state index is 0.752. The zero-order valence-corrected chi connectivity index (χ0v) is 19.2. The average Bonchev–Trinajstić information content (AvgIpc) is 2.76. The molecule has 5 rings (SSSR count). The molecule has 164 valence electrons. The number of nitrogens with zero attached hydrogens (tertiary/aromatic N) is 5. The number of piperazine rings is 1. The highest BCUT2D eigenvalue weighted by molar-refractivity contribution is 5.41. The van der Waals surface area contributed by atoms with Gasteiger partial charge in [-0.1, -0.05) is 19.9 Å². The van der Waals surface area contributed by atoms with Crippen LogP contribution in [-0.2, 0) is 19.4 Å². The highest BCUT2D eigenvalue weighted by Crippen LogP contribution is 2.25. The Balaban J connectivity index is 0.000000180. The van der Waals surface area contributed by atoms with Gasteiger partial charge in [-0.05, 0) is 57.7 Å². The molecule has 1 unspecified atom stereocenters. The number of hydrogen-bond donors (Lipinski definition) is 1. The summed E-state index contributed by atoms with van der Waals surface area (Å²) in [5.41, 5.74) is 3.87. The molecule has 4 heterocycles. The fourth-order valence-corrected chi connectivity index (χ4v) is 4.38. The Labute approximate surface area is 182 Å². The summed E-state index contributed by atoms with van der Waals surface area (Å²) in [5, 5.41) is 3.15. The van der Waals surface area contributed by atoms with Crippen molar-refractivity contribution < 1.29 is 0 Å². The lowest BCUT2D eigenvalue weighted by Gasteiger charge is -2.48. The maximum atomic E-state index is 4.59. The quantitative estimate of drug-likeness (QED) is 0.837. The van der Waals surface area contributed by atoms with Crippen LogP contribution in [0.15, 0.2) is 24.4 Å². The van der Waals surface area contributed by atoms with Gasteiger partial charge in [-0.15, -0.1) is 0 Å². The van der Waals surface area contributed by atoms with Crippen molar-refractivity contribution in [2.24, 2.45) is 0 Å². The van der Waals surface area contributed by atoms with E-state index in [1.807, 2.05) is 40.1 Å². The predicted octanol–water partition coefficient (Wildman–Crippen LogP) is 3.39. The van der Waals surface area contributed by atoms with Crippen molar-refractivity contribution in [1.29, 1.82) is 0 Å². The Morgan fingerprint density at radius 2 is 1.93 bits per heavy atom. The highest BCUT2D eigenvalue weighted by Gasteiger charge is 2.33. The van der Waals surface area contributed by atoms with Crippen LogP contribution in [0.25, 0.3) is 0 Å². The van der Waals surface area contributed by atoms with Gasteiger partial charge < -0.3 is 10.2 Å². The van der Waals surface area contributed by atoms with Crippen molar-refractivity contribution in [2.45, 2.75) is 65.5 Å². The molecule has 2 saturated heterocycles. The van der Waals surface area contributed by atoms with Crippen LogP contribution in [0.2, 0.25) is 0 Å². The van der Waals surface area contributed by atoms with Gasteiger partial charge in [0, 0.05) is 56.7 Å². The summed E-state index contributed by atoms with van der Waals surface area (Å²) in [6.45, 7) is 11.4. The largest absolute Gasteiger partial charge is 0.354 e. The number of aryl methyl sites for hydroxylation is 3. The molecule has 6 heteroatoms. The van der Waals surface area contributed by atoms with Crippen molar-refractivity contribution in [2.75, 3.05) is 38.1 Å². The summed E-state index contributed by atoms with van der Waals surface area (Å²) in [7, 11) is 1.95. The van der Waals surface area contributed by atoms with Crippen LogP contribution in [0.1, 0.15) is 55.9 Å². The monoisotopic (exact) mass is 410 g/mol. The predicted molar refractivity (Wildman–Crippen MR) is 124 cm³/mol. The molecule has 0 radical (unpaired) electrons. The molecule has 1 N–H and O–H groups in total. The maximum absolute atomic E-state index is 4.59. The summed E-state index contributed by atoms with van der Waals surface area (Å²) in [6.07, 6.45) is 8.33. The zero-order valence-electron chi connectivity index (χ0n) is 19.2. The fraction of sp³-hybridized carbons (Fsp3) is 0.625. The third-order valence-electron chi connectivity index (χ3n) is 6.01. The molecule has 30 heavy (non-hydrogen) atoms. The van der Waals surface area contributed by atoms with Crippen LogP contribution in [0.3, 0.4) is 0 Å². The lowest BCUT2D eigenvalue weighted by Crippen LogP contribution is -2.60. The van der Waals surface area contributed by atoms with E-state index in [2.05, 4.69) is 42.2 Å². The Morgan fingerprint density at radius 1 is 1.10 bits per heavy atom. The lowest BCUT2D eigenvalue weighted by molar-refractivity contribution is 0.0782. The van der Waals surface area contributed by atoms with Crippen LogP contribution in [0, 0.1) is 6.92 Å². The Morgan fingerprint density at radius 3 is 2.63 bits per heavy atom. The van der Waals surface area contributed by atoms with Gasteiger partial charge in [0.2, 0.25) is 0 Å². The second kappa shape index (κ2) is 11.4. The van der Waals surface area contributed by atoms with Gasteiger partial charge in [-0.3, -0.25) is 9.88 Å². The highest BCUT2D eigenvalue weighted by atomic mass is 15.3. The number of anilines is 1. The van der Waals surface area contributed by atoms with Crippen molar-refractivity contribution in [3.8, 4) is 0 Å². The smallest absolute Gasteiger partial charge is 0.132 e. The maximum Gasteiger partial charge on any atom is 0.132 e. The molecule has 2 fully saturated rings. The van der Waals surface area contributed by atoms with Crippen LogP contribution in [0.5, 0.6) is 0 Å². The first kappa shape index (κ1) is 22.6. The molecule has 0 spiro atoms. The minimum Gasteiger partial charge on any atom is -0.354 e. The SMILES string of the molecule is CC.CNCc1cc(N2CCN3CCC3C2)nc(C)n1.c1cnc2c(c1)CCCC2. The average molecular weight is 411 g/mol. The summed E-state index contributed by atoms with van der Waals surface area (Å²) in [5.74, 6) is 1.97. The van der Waals surface area contributed by atoms with E-state index in [9.17, 15) is 0 Å². The molecule has 0 amide bonds. The number of hydrogen-bond acceptors (Lipinski definition) is 6. The molecule has 3 aliphatic rings. The van der Waals surface area contributed by atoms with Gasteiger partial charge in [0.05, 0.1) is 5.69 Å². The van der Waals surface area contributed by atoms with Gasteiger partial charge in [-0.25, -0.2) is 9.97 Å². The molecule has 2 aliphatic heterocycles. The number of pyridine rings is 1. The van der Waals surface area contributed by atoms with Gasteiger partial charge in [0.15, 0.2) is 0 Å². The van der Waals surface area contributed by atoms with Crippen molar-refractivity contribution in [3.63, 3.8) is 0 Å². The van der Waals surface area contributed by atoms with E-state index in [1.54, 1.807) is 0 Å². The van der Waals surface area contributed by atoms with Crippen molar-refractivity contribution in [3.05, 3.63) is 47.2 Å². The molecule has 1 atom stereocenters. The first-order valence-electron chi connectivity index (χ1n) is 11.6. The third-order valence-corrected chi connectivity index (χ3v) is 6.01. The van der Waals surface area contributed by atoms with Crippen LogP contribution in [-0.4, -0.2) is 59.1 Å². The zero-order chi connectivity index (χ0) is 21.3. The van der Waals surface area contributed by atoms with E-state index >= 15 is 0 Å². The van der Waals surface area contributed by atoms with E-state index in [0.717, 1.165) is 43.0 Å². The Bertz CT molecular complexity index is 768. The van der Waals surface area contributed by atoms with E-state index in [-0.39, 0.29) is 0 Å². The molecule has 0 aromatic carbocycles. The van der Waals surface area contributed by atoms with E-state index in [0.29, 0.717) is 0 Å². The number of nitrogens with one attached hydrogen (secondary N) is 1. The van der Waals surface area contributed by atoms with Gasteiger partial charge >= 0.3 is 0 Å². The second-order valence-corrected chi connectivity index (χ2v) is 8.04. The standard InChI is InChI=1S/C13H21N5.C9H11N.C2H6/c1-10-15-11(8-14-2)7-13(16-10)18-6-5-17-4-3-12(17)9-18;1-2-6-9-8(4-1)5-3-7-10-9;1-2/h7,12,14H,3-6,8-9H2,1-2H3;3,5,7H,1-2,4,6H2;1-2H3. The molecule has 2 aromatic heterocycles. The summed E-state index contributed by atoms with van der Waals surface area (Å²) in [6, 6.07) is 7.10. The number of aromatic nitrogens is 3. The van der Waals surface area contributed by atoms with E-state index in [1.165, 1.54) is 56.5 Å². The van der Waals surface area contributed by atoms with Crippen molar-refractivity contribution >= 4 is 5.82 Å². The van der Waals surface area contributed by atoms with Gasteiger partial charge in [-0.2, -0.15) is 0 Å². The van der Waals surface area contributed by atoms with E-state index in [4.69, 9.17) is 0 Å². The first-order chi connectivity index (χ1) is 14.7. The topological polar surface area (TPSA) is 57.2 Å². The molecular weight excluding hydrogens is 372 g/mol. The van der Waals surface area contributed by atoms with Gasteiger partial charge in [0.1, 0.15) is 11.6 Å². The third kappa shape index (κ3) is 5.76. The Kier molecular flexibility index (Phi) is 8.58. The first-order valence-corrected chi connectivity index (χ1v) is 11.6. The molecule has 0 bridgehead atoms. The summed E-state index contributed by atoms with van der Waals surface area (Å²) >= 11 is 0. The van der Waals surface area contributed by atoms with Gasteiger partial charge in [0.25, 0.3) is 0 Å². The van der Waals surface area contributed by atoms with Crippen LogP contribution < -0.4 is 10.2 Å².